The van der Waals surface area contributed by atoms with Crippen molar-refractivity contribution in [1.29, 1.82) is 0 Å². The fraction of sp³-hybridized carbons (Fsp3) is 1.00. The Morgan fingerprint density at radius 1 is 1.50 bits per heavy atom. The summed E-state index contributed by atoms with van der Waals surface area (Å²) in [4.78, 5) is 2.59. The van der Waals surface area contributed by atoms with Gasteiger partial charge in [0.25, 0.3) is 0 Å². The minimum Gasteiger partial charge on any atom is -0.380 e. The van der Waals surface area contributed by atoms with Crippen molar-refractivity contribution in [3.05, 3.63) is 0 Å². The second kappa shape index (κ2) is 7.25. The molecule has 0 aromatic carbocycles. The highest BCUT2D eigenvalue weighted by molar-refractivity contribution is 4.81. The van der Waals surface area contributed by atoms with E-state index in [1.807, 2.05) is 14.2 Å². The first-order chi connectivity index (χ1) is 7.69. The topological polar surface area (TPSA) is 24.5 Å². The fourth-order valence-corrected chi connectivity index (χ4v) is 2.52. The van der Waals surface area contributed by atoms with Gasteiger partial charge >= 0.3 is 0 Å². The van der Waals surface area contributed by atoms with E-state index < -0.39 is 0 Å². The van der Waals surface area contributed by atoms with Crippen molar-refractivity contribution in [1.82, 2.24) is 10.2 Å². The highest BCUT2D eigenvalue weighted by Crippen LogP contribution is 2.22. The van der Waals surface area contributed by atoms with Crippen LogP contribution >= 0.6 is 0 Å². The van der Waals surface area contributed by atoms with Gasteiger partial charge in [0, 0.05) is 19.7 Å². The first-order valence-electron chi connectivity index (χ1n) is 6.60. The van der Waals surface area contributed by atoms with E-state index >= 15 is 0 Å². The number of nitrogens with zero attached hydrogens (tertiary/aromatic N) is 1. The Morgan fingerprint density at radius 3 is 2.88 bits per heavy atom. The van der Waals surface area contributed by atoms with Crippen LogP contribution in [0.4, 0.5) is 0 Å². The van der Waals surface area contributed by atoms with Gasteiger partial charge in [-0.2, -0.15) is 0 Å². The van der Waals surface area contributed by atoms with Gasteiger partial charge in [0.2, 0.25) is 0 Å². The Kier molecular flexibility index (Phi) is 6.32. The van der Waals surface area contributed by atoms with Gasteiger partial charge in [-0.3, -0.25) is 4.90 Å². The summed E-state index contributed by atoms with van der Waals surface area (Å²) in [6.07, 6.45) is 4.25. The SMILES string of the molecule is CNCCCC(C)N1CCC(C)C(OC)C1. The van der Waals surface area contributed by atoms with Crippen LogP contribution in [0.1, 0.15) is 33.1 Å². The highest BCUT2D eigenvalue weighted by Gasteiger charge is 2.28. The molecule has 0 aromatic heterocycles. The maximum Gasteiger partial charge on any atom is 0.0724 e. The summed E-state index contributed by atoms with van der Waals surface area (Å²) in [5, 5.41) is 3.21. The third-order valence-electron chi connectivity index (χ3n) is 3.90. The van der Waals surface area contributed by atoms with Gasteiger partial charge in [-0.05, 0) is 52.2 Å². The molecular weight excluding hydrogens is 200 g/mol. The molecule has 0 spiro atoms. The molecule has 3 nitrogen and oxygen atoms in total. The predicted molar refractivity (Wildman–Crippen MR) is 68.8 cm³/mol. The second-order valence-corrected chi connectivity index (χ2v) is 5.13. The normalized spacial score (nSPS) is 29.2. The zero-order valence-electron chi connectivity index (χ0n) is 11.3. The van der Waals surface area contributed by atoms with Gasteiger partial charge < -0.3 is 10.1 Å². The minimum absolute atomic E-state index is 0.431. The largest absolute Gasteiger partial charge is 0.380 e. The number of hydrogen-bond acceptors (Lipinski definition) is 3. The highest BCUT2D eigenvalue weighted by atomic mass is 16.5. The first-order valence-corrected chi connectivity index (χ1v) is 6.60. The molecule has 0 bridgehead atoms. The van der Waals surface area contributed by atoms with Crippen LogP contribution < -0.4 is 5.32 Å². The van der Waals surface area contributed by atoms with E-state index in [4.69, 9.17) is 4.74 Å². The van der Waals surface area contributed by atoms with Gasteiger partial charge in [-0.15, -0.1) is 0 Å². The van der Waals surface area contributed by atoms with E-state index in [-0.39, 0.29) is 0 Å². The molecule has 1 fully saturated rings. The summed E-state index contributed by atoms with van der Waals surface area (Å²) >= 11 is 0. The smallest absolute Gasteiger partial charge is 0.0724 e. The van der Waals surface area contributed by atoms with Gasteiger partial charge in [0.15, 0.2) is 0 Å². The Bertz CT molecular complexity index is 187. The lowest BCUT2D eigenvalue weighted by molar-refractivity contribution is -0.0178. The molecule has 1 saturated heterocycles. The molecule has 0 aliphatic carbocycles. The standard InChI is InChI=1S/C13H28N2O/c1-11-7-9-15(10-13(11)16-4)12(2)6-5-8-14-3/h11-14H,5-10H2,1-4H3. The minimum atomic E-state index is 0.431. The van der Waals surface area contributed by atoms with Crippen LogP contribution in [0.25, 0.3) is 0 Å². The van der Waals surface area contributed by atoms with Crippen LogP contribution in [0.2, 0.25) is 0 Å². The van der Waals surface area contributed by atoms with Gasteiger partial charge in [-0.25, -0.2) is 0 Å². The van der Waals surface area contributed by atoms with Crippen LogP contribution in [-0.4, -0.2) is 50.8 Å². The van der Waals surface area contributed by atoms with E-state index in [1.54, 1.807) is 0 Å². The second-order valence-electron chi connectivity index (χ2n) is 5.13. The Balaban J connectivity index is 2.30. The third-order valence-corrected chi connectivity index (χ3v) is 3.90. The molecule has 0 radical (unpaired) electrons. The molecule has 1 aliphatic rings. The number of piperidine rings is 1. The molecule has 3 heteroatoms. The van der Waals surface area contributed by atoms with E-state index in [2.05, 4.69) is 24.1 Å². The Morgan fingerprint density at radius 2 is 2.25 bits per heavy atom. The summed E-state index contributed by atoms with van der Waals surface area (Å²) in [5.74, 6) is 0.714. The summed E-state index contributed by atoms with van der Waals surface area (Å²) in [6.45, 7) is 8.12. The van der Waals surface area contributed by atoms with Crippen LogP contribution in [0.3, 0.4) is 0 Å². The maximum atomic E-state index is 5.56. The number of nitrogens with one attached hydrogen (secondary N) is 1. The predicted octanol–water partition coefficient (Wildman–Crippen LogP) is 1.73. The van der Waals surface area contributed by atoms with Gasteiger partial charge in [0.1, 0.15) is 0 Å². The van der Waals surface area contributed by atoms with Crippen molar-refractivity contribution >= 4 is 0 Å². The van der Waals surface area contributed by atoms with E-state index in [1.165, 1.54) is 25.8 Å². The average molecular weight is 228 g/mol. The fourth-order valence-electron chi connectivity index (χ4n) is 2.52. The molecule has 3 unspecified atom stereocenters. The quantitative estimate of drug-likeness (QED) is 0.701. The molecular formula is C13H28N2O. The van der Waals surface area contributed by atoms with Gasteiger partial charge in [0.05, 0.1) is 6.10 Å². The molecule has 0 aromatic rings. The average Bonchev–Trinajstić information content (AvgIpc) is 2.30. The number of ether oxygens (including phenoxy) is 1. The summed E-state index contributed by atoms with van der Waals surface area (Å²) in [5.41, 5.74) is 0. The third kappa shape index (κ3) is 4.04. The first kappa shape index (κ1) is 13.9. The lowest BCUT2D eigenvalue weighted by Gasteiger charge is -2.39. The Labute approximate surface area is 101 Å². The molecule has 96 valence electrons. The zero-order chi connectivity index (χ0) is 12.0. The van der Waals surface area contributed by atoms with Crippen LogP contribution in [0.5, 0.6) is 0 Å². The van der Waals surface area contributed by atoms with Crippen molar-refractivity contribution < 1.29 is 4.74 Å². The molecule has 1 N–H and O–H groups in total. The lowest BCUT2D eigenvalue weighted by atomic mass is 9.94. The van der Waals surface area contributed by atoms with Crippen LogP contribution in [0, 0.1) is 5.92 Å². The van der Waals surface area contributed by atoms with E-state index in [9.17, 15) is 0 Å². The monoisotopic (exact) mass is 228 g/mol. The van der Waals surface area contributed by atoms with Gasteiger partial charge in [-0.1, -0.05) is 6.92 Å². The van der Waals surface area contributed by atoms with Crippen molar-refractivity contribution in [2.24, 2.45) is 5.92 Å². The van der Waals surface area contributed by atoms with Crippen LogP contribution in [0.15, 0.2) is 0 Å². The maximum absolute atomic E-state index is 5.56. The molecule has 1 aliphatic heterocycles. The summed E-state index contributed by atoms with van der Waals surface area (Å²) in [6, 6.07) is 0.693. The van der Waals surface area contributed by atoms with Crippen molar-refractivity contribution in [2.45, 2.75) is 45.3 Å². The number of hydrogen-bond donors (Lipinski definition) is 1. The van der Waals surface area contributed by atoms with Crippen molar-refractivity contribution in [3.63, 3.8) is 0 Å². The zero-order valence-corrected chi connectivity index (χ0v) is 11.3. The molecule has 16 heavy (non-hydrogen) atoms. The number of rotatable bonds is 6. The summed E-state index contributed by atoms with van der Waals surface area (Å²) in [7, 11) is 3.87. The molecule has 3 atom stereocenters. The number of likely N-dealkylation sites (tertiary alicyclic amines) is 1. The molecule has 1 heterocycles. The van der Waals surface area contributed by atoms with E-state index in [0.29, 0.717) is 18.1 Å². The molecule has 0 amide bonds. The lowest BCUT2D eigenvalue weighted by Crippen LogP contribution is -2.47. The number of methoxy groups -OCH3 is 1. The summed E-state index contributed by atoms with van der Waals surface area (Å²) < 4.78 is 5.56. The van der Waals surface area contributed by atoms with Crippen molar-refractivity contribution in [2.75, 3.05) is 33.8 Å². The molecule has 0 saturated carbocycles. The molecule has 1 rings (SSSR count). The van der Waals surface area contributed by atoms with Crippen molar-refractivity contribution in [3.8, 4) is 0 Å². The van der Waals surface area contributed by atoms with Crippen LogP contribution in [-0.2, 0) is 4.74 Å². The van der Waals surface area contributed by atoms with E-state index in [0.717, 1.165) is 13.1 Å². The Hall–Kier alpha value is -0.120.